The van der Waals surface area contributed by atoms with Crippen LogP contribution in [-0.4, -0.2) is 11.8 Å². The van der Waals surface area contributed by atoms with Crippen molar-refractivity contribution in [3.05, 3.63) is 11.6 Å². The Bertz CT molecular complexity index is 133. The standard InChI is InChI=1S/C5H7ClO2S/c1-4(2-3-6)5(7)8-9/h2,9H,3H2,1H3. The molecule has 0 aromatic rings. The van der Waals surface area contributed by atoms with Gasteiger partial charge in [0.05, 0.1) is 0 Å². The zero-order chi connectivity index (χ0) is 7.28. The molecular weight excluding hydrogens is 160 g/mol. The molecule has 0 aliphatic rings. The maximum Gasteiger partial charge on any atom is 0.345 e. The molecule has 0 aliphatic carbocycles. The Hall–Kier alpha value is -0.150. The SMILES string of the molecule is CC(=CCCl)C(=O)OS. The zero-order valence-corrected chi connectivity index (χ0v) is 6.58. The van der Waals surface area contributed by atoms with Crippen LogP contribution in [0.25, 0.3) is 0 Å². The molecule has 2 nitrogen and oxygen atoms in total. The summed E-state index contributed by atoms with van der Waals surface area (Å²) in [6.45, 7) is 1.61. The summed E-state index contributed by atoms with van der Waals surface area (Å²) in [6, 6.07) is 0. The van der Waals surface area contributed by atoms with E-state index in [1.165, 1.54) is 0 Å². The van der Waals surface area contributed by atoms with Gasteiger partial charge in [0.25, 0.3) is 0 Å². The average Bonchev–Trinajstić information content (AvgIpc) is 1.87. The summed E-state index contributed by atoms with van der Waals surface area (Å²) in [6.07, 6.45) is 1.56. The van der Waals surface area contributed by atoms with Crippen LogP contribution in [0.1, 0.15) is 6.92 Å². The average molecular weight is 167 g/mol. The van der Waals surface area contributed by atoms with Gasteiger partial charge in [0.2, 0.25) is 0 Å². The van der Waals surface area contributed by atoms with Gasteiger partial charge in [-0.05, 0) is 6.92 Å². The highest BCUT2D eigenvalue weighted by Crippen LogP contribution is 1.97. The van der Waals surface area contributed by atoms with Crippen molar-refractivity contribution in [3.8, 4) is 0 Å². The lowest BCUT2D eigenvalue weighted by molar-refractivity contribution is -0.128. The highest BCUT2D eigenvalue weighted by molar-refractivity contribution is 7.75. The fourth-order valence-corrected chi connectivity index (χ4v) is 0.647. The maximum absolute atomic E-state index is 10.5. The molecule has 52 valence electrons. The lowest BCUT2D eigenvalue weighted by atomic mass is 10.3. The third-order valence-electron chi connectivity index (χ3n) is 0.788. The van der Waals surface area contributed by atoms with Gasteiger partial charge >= 0.3 is 5.97 Å². The molecule has 0 amide bonds. The molecule has 0 heterocycles. The largest absolute Gasteiger partial charge is 0.391 e. The van der Waals surface area contributed by atoms with Gasteiger partial charge in [-0.1, -0.05) is 6.08 Å². The van der Waals surface area contributed by atoms with E-state index in [2.05, 4.69) is 17.1 Å². The first kappa shape index (κ1) is 8.85. The van der Waals surface area contributed by atoms with Gasteiger partial charge in [-0.2, -0.15) is 0 Å². The Morgan fingerprint density at radius 1 is 1.89 bits per heavy atom. The molecule has 0 radical (unpaired) electrons. The van der Waals surface area contributed by atoms with Crippen LogP contribution < -0.4 is 0 Å². The number of hydrogen-bond acceptors (Lipinski definition) is 3. The number of allylic oxidation sites excluding steroid dienone is 1. The predicted octanol–water partition coefficient (Wildman–Crippen LogP) is 1.56. The number of carbonyl (C=O) groups is 1. The van der Waals surface area contributed by atoms with Gasteiger partial charge in [0, 0.05) is 24.4 Å². The Kier molecular flexibility index (Phi) is 4.62. The van der Waals surface area contributed by atoms with Gasteiger partial charge in [0.15, 0.2) is 0 Å². The van der Waals surface area contributed by atoms with Gasteiger partial charge in [-0.25, -0.2) is 4.79 Å². The zero-order valence-electron chi connectivity index (χ0n) is 4.93. The predicted molar refractivity (Wildman–Crippen MR) is 39.6 cm³/mol. The number of thiol groups is 1. The van der Waals surface area contributed by atoms with Crippen molar-refractivity contribution < 1.29 is 8.98 Å². The van der Waals surface area contributed by atoms with Crippen molar-refractivity contribution in [2.45, 2.75) is 6.92 Å². The Morgan fingerprint density at radius 2 is 2.44 bits per heavy atom. The van der Waals surface area contributed by atoms with E-state index in [4.69, 9.17) is 11.6 Å². The van der Waals surface area contributed by atoms with E-state index in [9.17, 15) is 4.79 Å². The van der Waals surface area contributed by atoms with Crippen LogP contribution in [0.4, 0.5) is 0 Å². The van der Waals surface area contributed by atoms with E-state index in [-0.39, 0.29) is 0 Å². The molecule has 0 saturated carbocycles. The summed E-state index contributed by atoms with van der Waals surface area (Å²) in [4.78, 5) is 10.5. The molecule has 4 heteroatoms. The van der Waals surface area contributed by atoms with Crippen molar-refractivity contribution in [3.63, 3.8) is 0 Å². The number of rotatable bonds is 2. The summed E-state index contributed by atoms with van der Waals surface area (Å²) in [7, 11) is 0. The maximum atomic E-state index is 10.5. The summed E-state index contributed by atoms with van der Waals surface area (Å²) < 4.78 is 4.09. The molecular formula is C5H7ClO2S. The third-order valence-corrected chi connectivity index (χ3v) is 1.11. The van der Waals surface area contributed by atoms with Crippen LogP contribution in [0.2, 0.25) is 0 Å². The second-order valence-electron chi connectivity index (χ2n) is 1.42. The number of halogens is 1. The minimum atomic E-state index is -0.459. The van der Waals surface area contributed by atoms with Crippen LogP contribution in [0.15, 0.2) is 11.6 Å². The van der Waals surface area contributed by atoms with E-state index in [0.717, 1.165) is 0 Å². The molecule has 0 spiro atoms. The number of carbonyl (C=O) groups excluding carboxylic acids is 1. The third kappa shape index (κ3) is 3.43. The van der Waals surface area contributed by atoms with Crippen molar-refractivity contribution >= 4 is 30.5 Å². The first-order valence-electron chi connectivity index (χ1n) is 2.31. The number of hydrogen-bond donors (Lipinski definition) is 1. The topological polar surface area (TPSA) is 26.3 Å². The Morgan fingerprint density at radius 3 is 2.78 bits per heavy atom. The molecule has 9 heavy (non-hydrogen) atoms. The molecule has 0 N–H and O–H groups in total. The summed E-state index contributed by atoms with van der Waals surface area (Å²) in [5, 5.41) is 0. The fraction of sp³-hybridized carbons (Fsp3) is 0.400. The minimum absolute atomic E-state index is 0.314. The molecule has 0 fully saturated rings. The number of alkyl halides is 1. The van der Waals surface area contributed by atoms with Crippen LogP contribution in [0.5, 0.6) is 0 Å². The lowest BCUT2D eigenvalue weighted by Gasteiger charge is -1.93. The van der Waals surface area contributed by atoms with Gasteiger partial charge < -0.3 is 4.18 Å². The fourth-order valence-electron chi connectivity index (χ4n) is 0.271. The van der Waals surface area contributed by atoms with Crippen molar-refractivity contribution in [1.29, 1.82) is 0 Å². The Labute approximate surface area is 64.5 Å². The molecule has 0 aliphatic heterocycles. The van der Waals surface area contributed by atoms with Crippen molar-refractivity contribution in [1.82, 2.24) is 0 Å². The van der Waals surface area contributed by atoms with E-state index in [1.54, 1.807) is 13.0 Å². The van der Waals surface area contributed by atoms with Crippen LogP contribution in [0.3, 0.4) is 0 Å². The van der Waals surface area contributed by atoms with E-state index >= 15 is 0 Å². The summed E-state index contributed by atoms with van der Waals surface area (Å²) >= 11 is 8.60. The monoisotopic (exact) mass is 166 g/mol. The quantitative estimate of drug-likeness (QED) is 0.292. The molecule has 0 saturated heterocycles. The summed E-state index contributed by atoms with van der Waals surface area (Å²) in [5.74, 6) is -0.145. The molecule has 0 aromatic heterocycles. The molecule has 0 atom stereocenters. The molecule has 0 aromatic carbocycles. The Balaban J connectivity index is 3.86. The van der Waals surface area contributed by atoms with Gasteiger partial charge in [-0.15, -0.1) is 11.6 Å². The van der Waals surface area contributed by atoms with E-state index in [0.29, 0.717) is 11.5 Å². The van der Waals surface area contributed by atoms with Crippen molar-refractivity contribution in [2.75, 3.05) is 5.88 Å². The van der Waals surface area contributed by atoms with Gasteiger partial charge in [-0.3, -0.25) is 0 Å². The highest BCUT2D eigenvalue weighted by atomic mass is 35.5. The van der Waals surface area contributed by atoms with Crippen LogP contribution in [-0.2, 0) is 8.98 Å². The molecule has 0 rings (SSSR count). The van der Waals surface area contributed by atoms with Crippen LogP contribution in [0, 0.1) is 0 Å². The van der Waals surface area contributed by atoms with E-state index < -0.39 is 5.97 Å². The highest BCUT2D eigenvalue weighted by Gasteiger charge is 2.00. The minimum Gasteiger partial charge on any atom is -0.391 e. The van der Waals surface area contributed by atoms with Gasteiger partial charge in [0.1, 0.15) is 0 Å². The van der Waals surface area contributed by atoms with Crippen LogP contribution >= 0.6 is 24.5 Å². The summed E-state index contributed by atoms with van der Waals surface area (Å²) in [5.41, 5.74) is 0.472. The van der Waals surface area contributed by atoms with E-state index in [1.807, 2.05) is 0 Å². The molecule has 0 bridgehead atoms. The van der Waals surface area contributed by atoms with Crippen molar-refractivity contribution in [2.24, 2.45) is 0 Å². The molecule has 0 unspecified atom stereocenters. The first-order valence-corrected chi connectivity index (χ1v) is 3.20. The lowest BCUT2D eigenvalue weighted by Crippen LogP contribution is -1.97. The smallest absolute Gasteiger partial charge is 0.345 e. The second kappa shape index (κ2) is 4.70. The first-order chi connectivity index (χ1) is 4.22. The normalized spacial score (nSPS) is 11.2. The second-order valence-corrected chi connectivity index (χ2v) is 1.91.